The zero-order valence-corrected chi connectivity index (χ0v) is 19.0. The number of carbonyl (C=O) groups is 2. The number of benzene rings is 2. The fourth-order valence-electron chi connectivity index (χ4n) is 3.01. The molecule has 1 N–H and O–H groups in total. The molecule has 0 aliphatic carbocycles. The second kappa shape index (κ2) is 10.9. The molecule has 0 aliphatic heterocycles. The topological polar surface area (TPSA) is 49.4 Å². The van der Waals surface area contributed by atoms with Gasteiger partial charge >= 0.3 is 0 Å². The first-order chi connectivity index (χ1) is 13.7. The van der Waals surface area contributed by atoms with E-state index in [0.717, 1.165) is 11.1 Å². The van der Waals surface area contributed by atoms with Crippen LogP contribution in [0.1, 0.15) is 38.3 Å². The average Bonchev–Trinajstić information content (AvgIpc) is 2.65. The molecule has 2 amide bonds. The van der Waals surface area contributed by atoms with Crippen LogP contribution in [0.25, 0.3) is 0 Å². The molecule has 4 nitrogen and oxygen atoms in total. The monoisotopic (exact) mass is 454 g/mol. The predicted octanol–water partition coefficient (Wildman–Crippen LogP) is 5.52. The van der Waals surface area contributed by atoms with Gasteiger partial charge in [-0.2, -0.15) is 0 Å². The van der Waals surface area contributed by atoms with E-state index in [9.17, 15) is 9.59 Å². The summed E-state index contributed by atoms with van der Waals surface area (Å²) in [5, 5.41) is 4.37. The van der Waals surface area contributed by atoms with E-state index in [4.69, 9.17) is 34.8 Å². The van der Waals surface area contributed by atoms with Crippen LogP contribution in [0.5, 0.6) is 0 Å². The summed E-state index contributed by atoms with van der Waals surface area (Å²) in [6.45, 7) is 5.93. The SMILES string of the molecule is CC[C@@H](C(=O)NC(C)C)N(Cc1ccc(Cl)c(Cl)c1)C(=O)Cc1ccc(Cl)cc1. The van der Waals surface area contributed by atoms with Crippen molar-refractivity contribution in [2.75, 3.05) is 0 Å². The van der Waals surface area contributed by atoms with Gasteiger partial charge in [0.25, 0.3) is 0 Å². The van der Waals surface area contributed by atoms with Gasteiger partial charge < -0.3 is 10.2 Å². The summed E-state index contributed by atoms with van der Waals surface area (Å²) in [5.41, 5.74) is 1.64. The first-order valence-electron chi connectivity index (χ1n) is 9.49. The molecule has 7 heteroatoms. The Morgan fingerprint density at radius 1 is 0.966 bits per heavy atom. The van der Waals surface area contributed by atoms with Gasteiger partial charge in [-0.05, 0) is 55.7 Å². The summed E-state index contributed by atoms with van der Waals surface area (Å²) in [4.78, 5) is 27.6. The highest BCUT2D eigenvalue weighted by molar-refractivity contribution is 6.42. The highest BCUT2D eigenvalue weighted by Gasteiger charge is 2.29. The van der Waals surface area contributed by atoms with Gasteiger partial charge in [0.15, 0.2) is 0 Å². The summed E-state index contributed by atoms with van der Waals surface area (Å²) in [6, 6.07) is 11.7. The van der Waals surface area contributed by atoms with Crippen LogP contribution in [-0.4, -0.2) is 28.8 Å². The number of nitrogens with one attached hydrogen (secondary N) is 1. The van der Waals surface area contributed by atoms with Crippen LogP contribution in [0.2, 0.25) is 15.1 Å². The molecule has 0 fully saturated rings. The molecular weight excluding hydrogens is 431 g/mol. The van der Waals surface area contributed by atoms with Crippen molar-refractivity contribution < 1.29 is 9.59 Å². The Morgan fingerprint density at radius 2 is 1.59 bits per heavy atom. The normalized spacial score (nSPS) is 12.0. The van der Waals surface area contributed by atoms with Crippen LogP contribution in [0.3, 0.4) is 0 Å². The molecule has 0 unspecified atom stereocenters. The molecule has 0 saturated heterocycles. The summed E-state index contributed by atoms with van der Waals surface area (Å²) in [7, 11) is 0. The molecule has 0 aromatic heterocycles. The molecule has 0 aliphatic rings. The van der Waals surface area contributed by atoms with Gasteiger partial charge in [-0.3, -0.25) is 9.59 Å². The first-order valence-corrected chi connectivity index (χ1v) is 10.6. The standard InChI is InChI=1S/C22H25Cl3N2O2/c1-4-20(22(29)26-14(2)3)27(13-16-7-10-18(24)19(25)11-16)21(28)12-15-5-8-17(23)9-6-15/h5-11,14,20H,4,12-13H2,1-3H3,(H,26,29)/t20-/m0/s1. The van der Waals surface area contributed by atoms with Crippen molar-refractivity contribution in [3.8, 4) is 0 Å². The van der Waals surface area contributed by atoms with Crippen LogP contribution in [0.15, 0.2) is 42.5 Å². The van der Waals surface area contributed by atoms with E-state index in [1.807, 2.05) is 39.0 Å². The van der Waals surface area contributed by atoms with Gasteiger partial charge in [-0.15, -0.1) is 0 Å². The Labute approximate surface area is 187 Å². The van der Waals surface area contributed by atoms with E-state index < -0.39 is 6.04 Å². The largest absolute Gasteiger partial charge is 0.352 e. The minimum absolute atomic E-state index is 0.0188. The summed E-state index contributed by atoms with van der Waals surface area (Å²) in [6.07, 6.45) is 0.663. The van der Waals surface area contributed by atoms with E-state index in [-0.39, 0.29) is 30.8 Å². The fourth-order valence-corrected chi connectivity index (χ4v) is 3.46. The minimum Gasteiger partial charge on any atom is -0.352 e. The molecule has 0 bridgehead atoms. The maximum Gasteiger partial charge on any atom is 0.243 e. The first kappa shape index (κ1) is 23.5. The van der Waals surface area contributed by atoms with Crippen LogP contribution >= 0.6 is 34.8 Å². The Hall–Kier alpha value is -1.75. The maximum atomic E-state index is 13.2. The quantitative estimate of drug-likeness (QED) is 0.569. The molecule has 0 saturated carbocycles. The van der Waals surface area contributed by atoms with Gasteiger partial charge in [0.05, 0.1) is 16.5 Å². The van der Waals surface area contributed by atoms with Crippen LogP contribution in [-0.2, 0) is 22.6 Å². The van der Waals surface area contributed by atoms with Gasteiger partial charge in [0.1, 0.15) is 6.04 Å². The van der Waals surface area contributed by atoms with Crippen molar-refractivity contribution in [3.63, 3.8) is 0 Å². The fraction of sp³-hybridized carbons (Fsp3) is 0.364. The van der Waals surface area contributed by atoms with Crippen molar-refractivity contribution in [2.45, 2.75) is 52.2 Å². The number of hydrogen-bond acceptors (Lipinski definition) is 2. The lowest BCUT2D eigenvalue weighted by Crippen LogP contribution is -2.50. The average molecular weight is 456 g/mol. The van der Waals surface area contributed by atoms with E-state index >= 15 is 0 Å². The zero-order chi connectivity index (χ0) is 21.6. The third-order valence-electron chi connectivity index (χ3n) is 4.42. The predicted molar refractivity (Wildman–Crippen MR) is 120 cm³/mol. The van der Waals surface area contributed by atoms with E-state index in [1.165, 1.54) is 0 Å². The Morgan fingerprint density at radius 3 is 2.14 bits per heavy atom. The highest BCUT2D eigenvalue weighted by atomic mass is 35.5. The van der Waals surface area contributed by atoms with Crippen molar-refractivity contribution in [1.82, 2.24) is 10.2 Å². The van der Waals surface area contributed by atoms with Gasteiger partial charge in [0, 0.05) is 17.6 Å². The molecule has 29 heavy (non-hydrogen) atoms. The summed E-state index contributed by atoms with van der Waals surface area (Å²) in [5.74, 6) is -0.323. The smallest absolute Gasteiger partial charge is 0.243 e. The Bertz CT molecular complexity index is 854. The number of hydrogen-bond donors (Lipinski definition) is 1. The lowest BCUT2D eigenvalue weighted by Gasteiger charge is -2.31. The number of nitrogens with zero attached hydrogens (tertiary/aromatic N) is 1. The van der Waals surface area contributed by atoms with E-state index in [2.05, 4.69) is 5.32 Å². The van der Waals surface area contributed by atoms with Crippen molar-refractivity contribution in [2.24, 2.45) is 0 Å². The van der Waals surface area contributed by atoms with Crippen molar-refractivity contribution >= 4 is 46.6 Å². The zero-order valence-electron chi connectivity index (χ0n) is 16.7. The Balaban J connectivity index is 2.31. The van der Waals surface area contributed by atoms with Gasteiger partial charge in [-0.1, -0.05) is 59.9 Å². The molecular formula is C22H25Cl3N2O2. The third-order valence-corrected chi connectivity index (χ3v) is 5.41. The molecule has 2 aromatic rings. The van der Waals surface area contributed by atoms with Gasteiger partial charge in [0.2, 0.25) is 11.8 Å². The lowest BCUT2D eigenvalue weighted by molar-refractivity contribution is -0.141. The Kier molecular flexibility index (Phi) is 8.81. The minimum atomic E-state index is -0.591. The molecule has 0 radical (unpaired) electrons. The van der Waals surface area contributed by atoms with Crippen LogP contribution in [0.4, 0.5) is 0 Å². The van der Waals surface area contributed by atoms with Crippen LogP contribution in [0, 0.1) is 0 Å². The number of rotatable bonds is 8. The number of carbonyl (C=O) groups excluding carboxylic acids is 2. The van der Waals surface area contributed by atoms with Crippen molar-refractivity contribution in [3.05, 3.63) is 68.7 Å². The molecule has 2 aromatic carbocycles. The molecule has 0 spiro atoms. The molecule has 156 valence electrons. The van der Waals surface area contributed by atoms with E-state index in [0.29, 0.717) is 21.5 Å². The second-order valence-electron chi connectivity index (χ2n) is 7.16. The van der Waals surface area contributed by atoms with Crippen LogP contribution < -0.4 is 5.32 Å². The number of amides is 2. The van der Waals surface area contributed by atoms with Crippen molar-refractivity contribution in [1.29, 1.82) is 0 Å². The van der Waals surface area contributed by atoms with E-state index in [1.54, 1.807) is 29.2 Å². The third kappa shape index (κ3) is 6.91. The number of halogens is 3. The molecule has 0 heterocycles. The highest BCUT2D eigenvalue weighted by Crippen LogP contribution is 2.24. The summed E-state index contributed by atoms with van der Waals surface area (Å²) < 4.78 is 0. The second-order valence-corrected chi connectivity index (χ2v) is 8.41. The van der Waals surface area contributed by atoms with Gasteiger partial charge in [-0.25, -0.2) is 0 Å². The molecule has 1 atom stereocenters. The maximum absolute atomic E-state index is 13.2. The summed E-state index contributed by atoms with van der Waals surface area (Å²) >= 11 is 18.1. The lowest BCUT2D eigenvalue weighted by atomic mass is 10.1. The molecule has 2 rings (SSSR count).